The van der Waals surface area contributed by atoms with Gasteiger partial charge in [-0.3, -0.25) is 14.5 Å². The number of carbonyl (C=O) groups is 2. The van der Waals surface area contributed by atoms with Crippen LogP contribution in [0.15, 0.2) is 23.2 Å². The van der Waals surface area contributed by atoms with E-state index in [0.29, 0.717) is 12.0 Å². The molecule has 0 radical (unpaired) electrons. The maximum Gasteiger partial charge on any atom is 0.305 e. The number of amides is 1. The van der Waals surface area contributed by atoms with Gasteiger partial charge in [0.2, 0.25) is 5.91 Å². The predicted octanol–water partition coefficient (Wildman–Crippen LogP) is 3.00. The second kappa shape index (κ2) is 7.89. The van der Waals surface area contributed by atoms with Crippen molar-refractivity contribution in [2.45, 2.75) is 58.0 Å². The summed E-state index contributed by atoms with van der Waals surface area (Å²) in [6, 6.07) is 4.99. The van der Waals surface area contributed by atoms with Crippen LogP contribution >= 0.6 is 0 Å². The molecule has 3 rings (SSSR count). The molecule has 8 heteroatoms. The lowest BCUT2D eigenvalue weighted by molar-refractivity contribution is -0.142. The van der Waals surface area contributed by atoms with Gasteiger partial charge in [0.25, 0.3) is 0 Å². The van der Waals surface area contributed by atoms with Gasteiger partial charge in [0.1, 0.15) is 11.4 Å². The topological polar surface area (TPSA) is 97.0 Å². The van der Waals surface area contributed by atoms with Crippen molar-refractivity contribution in [3.8, 4) is 0 Å². The number of nitrogens with one attached hydrogen (secondary N) is 1. The lowest BCUT2D eigenvalue weighted by Crippen LogP contribution is -2.58. The van der Waals surface area contributed by atoms with Crippen LogP contribution < -0.4 is 11.1 Å². The minimum atomic E-state index is -1.15. The number of methoxy groups -OCH3 is 1. The second-order valence-corrected chi connectivity index (χ2v) is 9.03. The Kier molecular flexibility index (Phi) is 5.80. The molecule has 30 heavy (non-hydrogen) atoms. The summed E-state index contributed by atoms with van der Waals surface area (Å²) in [4.78, 5) is 30.2. The molecule has 1 aliphatic heterocycles. The number of anilines is 1. The molecule has 1 aromatic rings. The van der Waals surface area contributed by atoms with Crippen LogP contribution in [0.4, 0.5) is 10.1 Å². The molecule has 3 N–H and O–H groups in total. The van der Waals surface area contributed by atoms with Gasteiger partial charge in [-0.15, -0.1) is 0 Å². The number of halogens is 1. The summed E-state index contributed by atoms with van der Waals surface area (Å²) >= 11 is 0. The maximum absolute atomic E-state index is 14.9. The normalized spacial score (nSPS) is 28.3. The Morgan fingerprint density at radius 3 is 2.73 bits per heavy atom. The van der Waals surface area contributed by atoms with Crippen LogP contribution in [0, 0.1) is 17.2 Å². The fraction of sp³-hybridized carbons (Fsp3) is 0.591. The van der Waals surface area contributed by atoms with Gasteiger partial charge in [-0.05, 0) is 64.2 Å². The molecule has 1 aromatic carbocycles. The fourth-order valence-electron chi connectivity index (χ4n) is 4.51. The van der Waals surface area contributed by atoms with Crippen molar-refractivity contribution < 1.29 is 18.7 Å². The van der Waals surface area contributed by atoms with Gasteiger partial charge in [0.05, 0.1) is 12.5 Å². The molecule has 0 spiro atoms. The molecule has 1 amide bonds. The molecule has 1 saturated carbocycles. The molecule has 0 aromatic heterocycles. The summed E-state index contributed by atoms with van der Waals surface area (Å²) in [5, 5.41) is 3.45. The maximum atomic E-state index is 14.9. The van der Waals surface area contributed by atoms with E-state index in [9.17, 15) is 14.0 Å². The lowest BCUT2D eigenvalue weighted by Gasteiger charge is -2.46. The quantitative estimate of drug-likeness (QED) is 0.717. The number of nitrogens with two attached hydrogens (primary N) is 1. The summed E-state index contributed by atoms with van der Waals surface area (Å²) in [6.07, 6.45) is 3.12. The van der Waals surface area contributed by atoms with Crippen LogP contribution in [0.3, 0.4) is 0 Å². The van der Waals surface area contributed by atoms with Gasteiger partial charge >= 0.3 is 5.97 Å². The highest BCUT2D eigenvalue weighted by molar-refractivity contribution is 6.01. The van der Waals surface area contributed by atoms with Gasteiger partial charge < -0.3 is 15.8 Å². The van der Waals surface area contributed by atoms with Crippen LogP contribution in [0.2, 0.25) is 0 Å². The first kappa shape index (κ1) is 22.1. The van der Waals surface area contributed by atoms with Gasteiger partial charge in [0, 0.05) is 30.8 Å². The highest BCUT2D eigenvalue weighted by atomic mass is 19.1. The van der Waals surface area contributed by atoms with Crippen LogP contribution in [-0.4, -0.2) is 42.9 Å². The average molecular weight is 419 g/mol. The van der Waals surface area contributed by atoms with E-state index < -0.39 is 16.8 Å². The number of nitrogens with zero attached hydrogens (tertiary/aromatic N) is 2. The number of rotatable bonds is 5. The average Bonchev–Trinajstić information content (AvgIpc) is 3.13. The summed E-state index contributed by atoms with van der Waals surface area (Å²) in [5.74, 6) is -0.484. The highest BCUT2D eigenvalue weighted by Crippen LogP contribution is 2.47. The Morgan fingerprint density at radius 2 is 2.07 bits per heavy atom. The third kappa shape index (κ3) is 3.75. The lowest BCUT2D eigenvalue weighted by atomic mass is 9.67. The van der Waals surface area contributed by atoms with E-state index in [4.69, 9.17) is 10.5 Å². The van der Waals surface area contributed by atoms with Crippen molar-refractivity contribution in [2.24, 2.45) is 22.1 Å². The van der Waals surface area contributed by atoms with Crippen molar-refractivity contribution in [2.75, 3.05) is 19.5 Å². The summed E-state index contributed by atoms with van der Waals surface area (Å²) < 4.78 is 19.7. The van der Waals surface area contributed by atoms with Gasteiger partial charge in [-0.25, -0.2) is 9.38 Å². The van der Waals surface area contributed by atoms with Crippen LogP contribution in [0.1, 0.15) is 52.0 Å². The molecule has 0 bridgehead atoms. The van der Waals surface area contributed by atoms with E-state index in [1.165, 1.54) is 18.1 Å². The molecule has 2 aliphatic rings. The largest absolute Gasteiger partial charge is 0.469 e. The van der Waals surface area contributed by atoms with Crippen molar-refractivity contribution in [1.29, 1.82) is 0 Å². The molecule has 1 aliphatic carbocycles. The minimum Gasteiger partial charge on any atom is -0.469 e. The number of aliphatic imine (C=N–C) groups is 1. The van der Waals surface area contributed by atoms with Crippen molar-refractivity contribution in [3.63, 3.8) is 0 Å². The smallest absolute Gasteiger partial charge is 0.305 e. The first-order valence-corrected chi connectivity index (χ1v) is 10.3. The first-order chi connectivity index (χ1) is 14.0. The minimum absolute atomic E-state index is 0.0704. The number of guanidine groups is 1. The van der Waals surface area contributed by atoms with Gasteiger partial charge in [-0.2, -0.15) is 0 Å². The molecular formula is C22H31FN4O3. The Bertz CT molecular complexity index is 885. The monoisotopic (exact) mass is 418 g/mol. The second-order valence-electron chi connectivity index (χ2n) is 9.03. The van der Waals surface area contributed by atoms with Crippen molar-refractivity contribution >= 4 is 23.5 Å². The van der Waals surface area contributed by atoms with Gasteiger partial charge in [-0.1, -0.05) is 0 Å². The number of ether oxygens (including phenoxy) is 1. The van der Waals surface area contributed by atoms with E-state index in [1.54, 1.807) is 40.0 Å². The van der Waals surface area contributed by atoms with E-state index in [-0.39, 0.29) is 29.8 Å². The zero-order valence-corrected chi connectivity index (χ0v) is 18.3. The Labute approximate surface area is 176 Å². The summed E-state index contributed by atoms with van der Waals surface area (Å²) in [6.45, 7) is 5.26. The molecule has 1 heterocycles. The molecule has 0 saturated heterocycles. The molecule has 3 unspecified atom stereocenters. The SMILES string of the molecule is COC(=O)CC1CCC(Nc2ccc(F)c(C3(C)N=C(N)N(C)C(=O)C3(C)C)c2)C1. The van der Waals surface area contributed by atoms with Crippen LogP contribution in [0.5, 0.6) is 0 Å². The third-order valence-corrected chi connectivity index (χ3v) is 6.82. The number of benzene rings is 1. The summed E-state index contributed by atoms with van der Waals surface area (Å²) in [7, 11) is 2.97. The zero-order valence-electron chi connectivity index (χ0n) is 18.3. The highest BCUT2D eigenvalue weighted by Gasteiger charge is 2.53. The molecule has 3 atom stereocenters. The Balaban J connectivity index is 1.86. The molecule has 164 valence electrons. The standard InChI is InChI=1S/C22H31FN4O3/c1-21(2)19(29)27(4)20(24)26-22(21,3)16-12-15(8-9-17(16)23)25-14-7-6-13(10-14)11-18(28)30-5/h8-9,12-14,25H,6-7,10-11H2,1-5H3,(H2,24,26). The van der Waals surface area contributed by atoms with Crippen molar-refractivity contribution in [3.05, 3.63) is 29.6 Å². The first-order valence-electron chi connectivity index (χ1n) is 10.3. The van der Waals surface area contributed by atoms with E-state index in [2.05, 4.69) is 10.3 Å². The van der Waals surface area contributed by atoms with E-state index >= 15 is 0 Å². The van der Waals surface area contributed by atoms with E-state index in [0.717, 1.165) is 24.9 Å². The number of hydrogen-bond donors (Lipinski definition) is 2. The van der Waals surface area contributed by atoms with Crippen molar-refractivity contribution in [1.82, 2.24) is 4.90 Å². The Morgan fingerprint density at radius 1 is 1.37 bits per heavy atom. The molecular weight excluding hydrogens is 387 g/mol. The Hall–Kier alpha value is -2.64. The number of carbonyl (C=O) groups excluding carboxylic acids is 2. The predicted molar refractivity (Wildman–Crippen MR) is 113 cm³/mol. The van der Waals surface area contributed by atoms with Crippen LogP contribution in [0.25, 0.3) is 0 Å². The molecule has 7 nitrogen and oxygen atoms in total. The summed E-state index contributed by atoms with van der Waals surface area (Å²) in [5.41, 5.74) is 4.92. The van der Waals surface area contributed by atoms with Gasteiger partial charge in [0.15, 0.2) is 5.96 Å². The number of hydrogen-bond acceptors (Lipinski definition) is 6. The van der Waals surface area contributed by atoms with Crippen LogP contribution in [-0.2, 0) is 19.9 Å². The van der Waals surface area contributed by atoms with E-state index in [1.807, 2.05) is 0 Å². The fourth-order valence-corrected chi connectivity index (χ4v) is 4.51. The number of esters is 1. The third-order valence-electron chi connectivity index (χ3n) is 6.82. The zero-order chi connectivity index (χ0) is 22.3. The molecule has 1 fully saturated rings.